The number of carbonyl (C=O) groups excluding carboxylic acids is 1. The molecule has 0 radical (unpaired) electrons. The Morgan fingerprint density at radius 3 is 2.86 bits per heavy atom. The summed E-state index contributed by atoms with van der Waals surface area (Å²) in [5.41, 5.74) is 1.56. The maximum atomic E-state index is 12.4. The molecule has 0 saturated heterocycles. The fraction of sp³-hybridized carbons (Fsp3) is 0.467. The molecular formula is C15H18N2O2S2. The predicted molar refractivity (Wildman–Crippen MR) is 85.8 cm³/mol. The van der Waals surface area contributed by atoms with Crippen LogP contribution >= 0.6 is 22.7 Å². The van der Waals surface area contributed by atoms with Gasteiger partial charge in [-0.2, -0.15) is 11.3 Å². The Morgan fingerprint density at radius 1 is 1.52 bits per heavy atom. The molecule has 3 rings (SSSR count). The van der Waals surface area contributed by atoms with Gasteiger partial charge < -0.3 is 10.4 Å². The summed E-state index contributed by atoms with van der Waals surface area (Å²) in [6.45, 7) is 5.81. The van der Waals surface area contributed by atoms with Crippen molar-refractivity contribution in [2.24, 2.45) is 5.41 Å². The Balaban J connectivity index is 1.77. The van der Waals surface area contributed by atoms with E-state index in [-0.39, 0.29) is 23.5 Å². The van der Waals surface area contributed by atoms with Gasteiger partial charge in [0.2, 0.25) is 0 Å². The van der Waals surface area contributed by atoms with E-state index in [9.17, 15) is 9.90 Å². The van der Waals surface area contributed by atoms with E-state index >= 15 is 0 Å². The lowest BCUT2D eigenvalue weighted by Gasteiger charge is -2.49. The smallest absolute Gasteiger partial charge is 0.263 e. The van der Waals surface area contributed by atoms with Gasteiger partial charge in [0.25, 0.3) is 5.91 Å². The van der Waals surface area contributed by atoms with Gasteiger partial charge in [0.05, 0.1) is 11.8 Å². The molecule has 0 aromatic carbocycles. The molecule has 6 heteroatoms. The highest BCUT2D eigenvalue weighted by molar-refractivity contribution is 7.17. The van der Waals surface area contributed by atoms with Crippen molar-refractivity contribution in [3.05, 3.63) is 27.4 Å². The van der Waals surface area contributed by atoms with Crippen LogP contribution in [-0.2, 0) is 0 Å². The lowest BCUT2D eigenvalue weighted by atomic mass is 9.64. The summed E-state index contributed by atoms with van der Waals surface area (Å²) in [6, 6.07) is 2.03. The molecule has 1 aliphatic carbocycles. The van der Waals surface area contributed by atoms with Crippen LogP contribution in [0.25, 0.3) is 10.6 Å². The van der Waals surface area contributed by atoms with Crippen LogP contribution in [0, 0.1) is 12.3 Å². The number of thiazole rings is 1. The van der Waals surface area contributed by atoms with E-state index in [1.165, 1.54) is 11.3 Å². The second-order valence-electron chi connectivity index (χ2n) is 6.04. The Bertz CT molecular complexity index is 661. The fourth-order valence-electron chi connectivity index (χ4n) is 2.49. The molecule has 1 fully saturated rings. The Labute approximate surface area is 131 Å². The summed E-state index contributed by atoms with van der Waals surface area (Å²) in [5.74, 6) is -0.0866. The molecule has 21 heavy (non-hydrogen) atoms. The minimum Gasteiger partial charge on any atom is -0.392 e. The Hall–Kier alpha value is -1.24. The van der Waals surface area contributed by atoms with E-state index in [4.69, 9.17) is 0 Å². The molecule has 2 heterocycles. The largest absolute Gasteiger partial charge is 0.392 e. The lowest BCUT2D eigenvalue weighted by Crippen LogP contribution is -2.61. The number of hydrogen-bond acceptors (Lipinski definition) is 5. The highest BCUT2D eigenvalue weighted by Gasteiger charge is 2.48. The molecular weight excluding hydrogens is 304 g/mol. The number of aryl methyl sites for hydroxylation is 1. The average molecular weight is 322 g/mol. The van der Waals surface area contributed by atoms with Crippen LogP contribution in [0.4, 0.5) is 0 Å². The molecule has 0 bridgehead atoms. The summed E-state index contributed by atoms with van der Waals surface area (Å²) in [7, 11) is 0. The molecule has 2 unspecified atom stereocenters. The number of nitrogens with one attached hydrogen (secondary N) is 1. The quantitative estimate of drug-likeness (QED) is 0.913. The van der Waals surface area contributed by atoms with Gasteiger partial charge in [0.1, 0.15) is 9.88 Å². The minimum absolute atomic E-state index is 0.0195. The molecule has 2 aromatic rings. The van der Waals surface area contributed by atoms with Gasteiger partial charge in [-0.3, -0.25) is 4.79 Å². The minimum atomic E-state index is -0.341. The van der Waals surface area contributed by atoms with Crippen molar-refractivity contribution in [2.45, 2.75) is 39.3 Å². The van der Waals surface area contributed by atoms with Crippen molar-refractivity contribution >= 4 is 28.6 Å². The summed E-state index contributed by atoms with van der Waals surface area (Å²) in [4.78, 5) is 17.6. The van der Waals surface area contributed by atoms with Crippen molar-refractivity contribution in [1.82, 2.24) is 10.3 Å². The zero-order valence-electron chi connectivity index (χ0n) is 12.2. The second-order valence-corrected chi connectivity index (χ2v) is 7.82. The number of aromatic nitrogens is 1. The molecule has 2 atom stereocenters. The Morgan fingerprint density at radius 2 is 2.29 bits per heavy atom. The molecule has 4 nitrogen and oxygen atoms in total. The van der Waals surface area contributed by atoms with Crippen LogP contribution in [-0.4, -0.2) is 28.1 Å². The number of aliphatic hydroxyl groups excluding tert-OH is 1. The summed E-state index contributed by atoms with van der Waals surface area (Å²) in [5, 5.41) is 17.7. The van der Waals surface area contributed by atoms with Crippen LogP contribution in [0.15, 0.2) is 16.8 Å². The third-order valence-electron chi connectivity index (χ3n) is 4.29. The van der Waals surface area contributed by atoms with E-state index in [1.54, 1.807) is 11.3 Å². The number of amides is 1. The van der Waals surface area contributed by atoms with Crippen molar-refractivity contribution in [3.63, 3.8) is 0 Å². The number of rotatable bonds is 3. The third-order valence-corrected chi connectivity index (χ3v) is 6.18. The maximum Gasteiger partial charge on any atom is 0.263 e. The van der Waals surface area contributed by atoms with Crippen molar-refractivity contribution in [3.8, 4) is 10.6 Å². The van der Waals surface area contributed by atoms with E-state index in [0.29, 0.717) is 11.3 Å². The molecule has 2 N–H and O–H groups in total. The summed E-state index contributed by atoms with van der Waals surface area (Å²) in [6.07, 6.45) is 0.278. The van der Waals surface area contributed by atoms with Crippen LogP contribution in [0.5, 0.6) is 0 Å². The molecule has 1 saturated carbocycles. The zero-order valence-corrected chi connectivity index (χ0v) is 13.8. The molecule has 1 aliphatic rings. The van der Waals surface area contributed by atoms with Crippen molar-refractivity contribution in [1.29, 1.82) is 0 Å². The third kappa shape index (κ3) is 2.52. The first kappa shape index (κ1) is 14.7. The van der Waals surface area contributed by atoms with Crippen LogP contribution in [0.2, 0.25) is 0 Å². The van der Waals surface area contributed by atoms with E-state index in [0.717, 1.165) is 16.3 Å². The maximum absolute atomic E-state index is 12.4. The van der Waals surface area contributed by atoms with Gasteiger partial charge in [0.15, 0.2) is 0 Å². The number of hydrogen-bond donors (Lipinski definition) is 2. The van der Waals surface area contributed by atoms with Gasteiger partial charge in [-0.15, -0.1) is 11.3 Å². The standard InChI is InChI=1S/C15H18N2O2S2/c1-8-12(21-14(16-8)9-4-5-20-7-9)13(19)17-10-6-11(18)15(10,2)3/h4-5,7,10-11,18H,6H2,1-3H3,(H,17,19). The molecule has 112 valence electrons. The summed E-state index contributed by atoms with van der Waals surface area (Å²) < 4.78 is 0. The fourth-order valence-corrected chi connectivity index (χ4v) is 4.17. The van der Waals surface area contributed by atoms with Crippen LogP contribution < -0.4 is 5.32 Å². The number of nitrogens with zero attached hydrogens (tertiary/aromatic N) is 1. The first-order valence-electron chi connectivity index (χ1n) is 6.88. The number of carbonyl (C=O) groups is 1. The molecule has 1 amide bonds. The topological polar surface area (TPSA) is 62.2 Å². The van der Waals surface area contributed by atoms with E-state index in [2.05, 4.69) is 10.3 Å². The first-order chi connectivity index (χ1) is 9.89. The first-order valence-corrected chi connectivity index (χ1v) is 8.64. The highest BCUT2D eigenvalue weighted by Crippen LogP contribution is 2.40. The van der Waals surface area contributed by atoms with Crippen molar-refractivity contribution < 1.29 is 9.90 Å². The predicted octanol–water partition coefficient (Wildman–Crippen LogP) is 3.07. The Kier molecular flexibility index (Phi) is 3.63. The van der Waals surface area contributed by atoms with Crippen LogP contribution in [0.3, 0.4) is 0 Å². The van der Waals surface area contributed by atoms with Gasteiger partial charge >= 0.3 is 0 Å². The van der Waals surface area contributed by atoms with Crippen molar-refractivity contribution in [2.75, 3.05) is 0 Å². The molecule has 2 aromatic heterocycles. The number of thiophene rings is 1. The van der Waals surface area contributed by atoms with Gasteiger partial charge in [0, 0.05) is 22.4 Å². The zero-order chi connectivity index (χ0) is 15.2. The average Bonchev–Trinajstić information content (AvgIpc) is 3.07. The highest BCUT2D eigenvalue weighted by atomic mass is 32.1. The van der Waals surface area contributed by atoms with E-state index in [1.807, 2.05) is 37.6 Å². The van der Waals surface area contributed by atoms with Gasteiger partial charge in [-0.1, -0.05) is 13.8 Å². The lowest BCUT2D eigenvalue weighted by molar-refractivity contribution is -0.0689. The molecule has 0 spiro atoms. The normalized spacial score (nSPS) is 23.6. The van der Waals surface area contributed by atoms with Gasteiger partial charge in [-0.05, 0) is 24.8 Å². The number of aliphatic hydroxyl groups is 1. The van der Waals surface area contributed by atoms with Crippen LogP contribution in [0.1, 0.15) is 35.6 Å². The van der Waals surface area contributed by atoms with Gasteiger partial charge in [-0.25, -0.2) is 4.98 Å². The van der Waals surface area contributed by atoms with E-state index < -0.39 is 0 Å². The molecule has 0 aliphatic heterocycles. The summed E-state index contributed by atoms with van der Waals surface area (Å²) >= 11 is 3.04. The SMILES string of the molecule is Cc1nc(-c2ccsc2)sc1C(=O)NC1CC(O)C1(C)C. The second kappa shape index (κ2) is 5.19. The monoisotopic (exact) mass is 322 g/mol.